The predicted molar refractivity (Wildman–Crippen MR) is 63.8 cm³/mol. The molecule has 82 valence electrons. The van der Waals surface area contributed by atoms with E-state index in [1.54, 1.807) is 0 Å². The van der Waals surface area contributed by atoms with Crippen molar-refractivity contribution >= 4 is 15.9 Å². The van der Waals surface area contributed by atoms with E-state index in [0.29, 0.717) is 0 Å². The highest BCUT2D eigenvalue weighted by molar-refractivity contribution is 9.10. The first-order chi connectivity index (χ1) is 6.78. The molecule has 1 aromatic carbocycles. The Morgan fingerprint density at radius 1 is 1.07 bits per heavy atom. The van der Waals surface area contributed by atoms with Crippen LogP contribution >= 0.6 is 15.9 Å². The van der Waals surface area contributed by atoms with Crippen LogP contribution in [0.5, 0.6) is 0 Å². The van der Waals surface area contributed by atoms with Crippen LogP contribution in [-0.2, 0) is 11.1 Å². The van der Waals surface area contributed by atoms with Gasteiger partial charge in [-0.2, -0.15) is 5.06 Å². The number of hydroxylamine groups is 2. The molecule has 2 rings (SSSR count). The van der Waals surface area contributed by atoms with Crippen molar-refractivity contribution in [3.8, 4) is 0 Å². The minimum Gasteiger partial charge on any atom is -0.312 e. The summed E-state index contributed by atoms with van der Waals surface area (Å²) in [6.07, 6.45) is 0. The van der Waals surface area contributed by atoms with Crippen LogP contribution in [0.3, 0.4) is 0 Å². The molecule has 15 heavy (non-hydrogen) atoms. The maximum atomic E-state index is 10.2. The molecule has 0 spiro atoms. The highest BCUT2D eigenvalue weighted by atomic mass is 79.9. The summed E-state index contributed by atoms with van der Waals surface area (Å²) < 4.78 is 1.06. The summed E-state index contributed by atoms with van der Waals surface area (Å²) in [5, 5.41) is 11.7. The first kappa shape index (κ1) is 11.1. The lowest BCUT2D eigenvalue weighted by atomic mass is 9.91. The Morgan fingerprint density at radius 2 is 1.60 bits per heavy atom. The van der Waals surface area contributed by atoms with Gasteiger partial charge in [-0.05, 0) is 51.0 Å². The average molecular weight is 270 g/mol. The third-order valence-electron chi connectivity index (χ3n) is 3.36. The molecule has 0 aliphatic carbocycles. The molecule has 3 heteroatoms. The Balaban J connectivity index is 2.71. The van der Waals surface area contributed by atoms with E-state index >= 15 is 0 Å². The number of halogens is 1. The van der Waals surface area contributed by atoms with Crippen molar-refractivity contribution in [3.05, 3.63) is 33.8 Å². The van der Waals surface area contributed by atoms with Gasteiger partial charge in [0.05, 0.1) is 11.1 Å². The standard InChI is InChI=1S/C12H16BrNO/c1-11(2)9-6-5-8(13)7-10(9)12(3,4)14(11)15/h5-7,15H,1-4H3. The van der Waals surface area contributed by atoms with Crippen molar-refractivity contribution < 1.29 is 5.21 Å². The van der Waals surface area contributed by atoms with Gasteiger partial charge in [-0.25, -0.2) is 0 Å². The SMILES string of the molecule is CC1(C)c2ccc(Br)cc2C(C)(C)N1O. The van der Waals surface area contributed by atoms with Gasteiger partial charge in [0.2, 0.25) is 0 Å². The van der Waals surface area contributed by atoms with Crippen LogP contribution in [0.15, 0.2) is 22.7 Å². The van der Waals surface area contributed by atoms with E-state index in [1.165, 1.54) is 16.2 Å². The van der Waals surface area contributed by atoms with Crippen molar-refractivity contribution in [2.45, 2.75) is 38.8 Å². The molecule has 0 radical (unpaired) electrons. The lowest BCUT2D eigenvalue weighted by Crippen LogP contribution is -2.42. The minimum atomic E-state index is -0.331. The largest absolute Gasteiger partial charge is 0.312 e. The number of hydrogen-bond acceptors (Lipinski definition) is 2. The van der Waals surface area contributed by atoms with Crippen molar-refractivity contribution in [3.63, 3.8) is 0 Å². The van der Waals surface area contributed by atoms with Crippen molar-refractivity contribution in [1.82, 2.24) is 5.06 Å². The van der Waals surface area contributed by atoms with Gasteiger partial charge in [0.1, 0.15) is 0 Å². The van der Waals surface area contributed by atoms with Gasteiger partial charge < -0.3 is 5.21 Å². The molecule has 1 N–H and O–H groups in total. The van der Waals surface area contributed by atoms with E-state index in [9.17, 15) is 5.21 Å². The fraction of sp³-hybridized carbons (Fsp3) is 0.500. The summed E-state index contributed by atoms with van der Waals surface area (Å²) in [4.78, 5) is 0. The fourth-order valence-corrected chi connectivity index (χ4v) is 2.84. The van der Waals surface area contributed by atoms with Gasteiger partial charge in [-0.15, -0.1) is 0 Å². The molecule has 0 saturated heterocycles. The molecule has 0 bridgehead atoms. The molecule has 0 aromatic heterocycles. The topological polar surface area (TPSA) is 23.5 Å². The molecule has 1 heterocycles. The quantitative estimate of drug-likeness (QED) is 0.778. The van der Waals surface area contributed by atoms with Gasteiger partial charge >= 0.3 is 0 Å². The second-order valence-corrected chi connectivity index (χ2v) is 6.04. The first-order valence-electron chi connectivity index (χ1n) is 5.07. The van der Waals surface area contributed by atoms with Crippen LogP contribution in [0.25, 0.3) is 0 Å². The molecule has 1 aliphatic rings. The van der Waals surface area contributed by atoms with Crippen LogP contribution in [0, 0.1) is 0 Å². The Bertz CT molecular complexity index is 412. The summed E-state index contributed by atoms with van der Waals surface area (Å²) in [6.45, 7) is 8.14. The zero-order valence-electron chi connectivity index (χ0n) is 9.50. The van der Waals surface area contributed by atoms with Gasteiger partial charge in [0.15, 0.2) is 0 Å². The van der Waals surface area contributed by atoms with Crippen LogP contribution in [-0.4, -0.2) is 10.3 Å². The lowest BCUT2D eigenvalue weighted by Gasteiger charge is -2.34. The average Bonchev–Trinajstić information content (AvgIpc) is 2.26. The molecular weight excluding hydrogens is 254 g/mol. The number of fused-ring (bicyclic) bond motifs is 1. The Labute approximate surface area is 99.0 Å². The normalized spacial score (nSPS) is 22.8. The van der Waals surface area contributed by atoms with E-state index < -0.39 is 0 Å². The fourth-order valence-electron chi connectivity index (χ4n) is 2.48. The molecule has 1 aromatic rings. The van der Waals surface area contributed by atoms with E-state index in [4.69, 9.17) is 0 Å². The molecule has 2 nitrogen and oxygen atoms in total. The molecule has 0 fully saturated rings. The molecule has 0 amide bonds. The summed E-state index contributed by atoms with van der Waals surface area (Å²) in [6, 6.07) is 6.19. The van der Waals surface area contributed by atoms with E-state index in [1.807, 2.05) is 33.8 Å². The Morgan fingerprint density at radius 3 is 2.20 bits per heavy atom. The van der Waals surface area contributed by atoms with Gasteiger partial charge in [0, 0.05) is 4.47 Å². The summed E-state index contributed by atoms with van der Waals surface area (Å²) in [5.41, 5.74) is 1.73. The van der Waals surface area contributed by atoms with Crippen LogP contribution in [0.2, 0.25) is 0 Å². The minimum absolute atomic E-state index is 0.320. The third kappa shape index (κ3) is 1.37. The van der Waals surface area contributed by atoms with Crippen LogP contribution < -0.4 is 0 Å². The molecule has 0 unspecified atom stereocenters. The summed E-state index contributed by atoms with van der Waals surface area (Å²) >= 11 is 3.47. The van der Waals surface area contributed by atoms with Crippen molar-refractivity contribution in [2.24, 2.45) is 0 Å². The smallest absolute Gasteiger partial charge is 0.0666 e. The highest BCUT2D eigenvalue weighted by Gasteiger charge is 2.48. The summed E-state index contributed by atoms with van der Waals surface area (Å²) in [5.74, 6) is 0. The number of nitrogens with zero attached hydrogens (tertiary/aromatic N) is 1. The monoisotopic (exact) mass is 269 g/mol. The Hall–Kier alpha value is -0.380. The number of hydrogen-bond donors (Lipinski definition) is 1. The van der Waals surface area contributed by atoms with Crippen molar-refractivity contribution in [1.29, 1.82) is 0 Å². The molecule has 0 saturated carbocycles. The second kappa shape index (κ2) is 3.06. The van der Waals surface area contributed by atoms with E-state index in [-0.39, 0.29) is 11.1 Å². The second-order valence-electron chi connectivity index (χ2n) is 5.12. The zero-order valence-corrected chi connectivity index (χ0v) is 11.1. The highest BCUT2D eigenvalue weighted by Crippen LogP contribution is 2.48. The van der Waals surface area contributed by atoms with Crippen LogP contribution in [0.4, 0.5) is 0 Å². The molecular formula is C12H16BrNO. The van der Waals surface area contributed by atoms with E-state index in [0.717, 1.165) is 4.47 Å². The predicted octanol–water partition coefficient (Wildman–Crippen LogP) is 3.62. The maximum absolute atomic E-state index is 10.2. The molecule has 1 aliphatic heterocycles. The van der Waals surface area contributed by atoms with Gasteiger partial charge in [-0.1, -0.05) is 22.0 Å². The number of benzene rings is 1. The van der Waals surface area contributed by atoms with Crippen molar-refractivity contribution in [2.75, 3.05) is 0 Å². The first-order valence-corrected chi connectivity index (χ1v) is 5.87. The summed E-state index contributed by atoms with van der Waals surface area (Å²) in [7, 11) is 0. The molecule has 0 atom stereocenters. The maximum Gasteiger partial charge on any atom is 0.0666 e. The lowest BCUT2D eigenvalue weighted by molar-refractivity contribution is -0.216. The van der Waals surface area contributed by atoms with Gasteiger partial charge in [-0.3, -0.25) is 0 Å². The Kier molecular flexibility index (Phi) is 2.27. The van der Waals surface area contributed by atoms with Gasteiger partial charge in [0.25, 0.3) is 0 Å². The van der Waals surface area contributed by atoms with E-state index in [2.05, 4.69) is 28.1 Å². The third-order valence-corrected chi connectivity index (χ3v) is 3.85. The number of rotatable bonds is 0. The zero-order chi connectivity index (χ0) is 11.4. The van der Waals surface area contributed by atoms with Crippen LogP contribution in [0.1, 0.15) is 38.8 Å².